The molecule has 0 aliphatic rings. The van der Waals surface area contributed by atoms with E-state index in [0.29, 0.717) is 0 Å². The molecule has 2 rings (SSSR count). The maximum absolute atomic E-state index is 6.23. The Balaban J connectivity index is 2.21. The number of nitrogens with two attached hydrogens (primary N) is 1. The topological polar surface area (TPSA) is 56.7 Å². The molecule has 1 unspecified atom stereocenters. The minimum Gasteiger partial charge on any atom is -0.322 e. The molecule has 2 aromatic heterocycles. The van der Waals surface area contributed by atoms with Gasteiger partial charge in [-0.3, -0.25) is 9.67 Å². The highest BCUT2D eigenvalue weighted by Gasteiger charge is 2.14. The molecule has 0 fully saturated rings. The van der Waals surface area contributed by atoms with Crippen molar-refractivity contribution in [3.05, 3.63) is 46.0 Å². The summed E-state index contributed by atoms with van der Waals surface area (Å²) >= 11 is 3.49. The molecular formula is C13H17BrN4. The van der Waals surface area contributed by atoms with Crippen LogP contribution in [-0.4, -0.2) is 14.8 Å². The van der Waals surface area contributed by atoms with Crippen LogP contribution in [0.2, 0.25) is 0 Å². The Bertz CT molecular complexity index is 536. The van der Waals surface area contributed by atoms with Crippen LogP contribution in [0.15, 0.2) is 28.9 Å². The van der Waals surface area contributed by atoms with Gasteiger partial charge < -0.3 is 5.73 Å². The van der Waals surface area contributed by atoms with Gasteiger partial charge in [0.25, 0.3) is 0 Å². The van der Waals surface area contributed by atoms with Crippen molar-refractivity contribution in [3.8, 4) is 0 Å². The summed E-state index contributed by atoms with van der Waals surface area (Å²) in [6.07, 6.45) is 2.51. The summed E-state index contributed by atoms with van der Waals surface area (Å²) in [6, 6.07) is 5.81. The zero-order chi connectivity index (χ0) is 13.1. The van der Waals surface area contributed by atoms with Gasteiger partial charge in [-0.2, -0.15) is 5.10 Å². The van der Waals surface area contributed by atoms with Gasteiger partial charge in [-0.05, 0) is 48.0 Å². The number of halogens is 1. The third-order valence-corrected chi connectivity index (χ3v) is 3.52. The SMILES string of the molecule is CCn1nc(C)cc1CC(N)c1ncccc1Br. The molecule has 0 aromatic carbocycles. The molecule has 0 bridgehead atoms. The van der Waals surface area contributed by atoms with Crippen LogP contribution in [0.4, 0.5) is 0 Å². The molecule has 96 valence electrons. The maximum atomic E-state index is 6.23. The second-order valence-electron chi connectivity index (χ2n) is 4.27. The Morgan fingerprint density at radius 2 is 2.28 bits per heavy atom. The minimum absolute atomic E-state index is 0.123. The van der Waals surface area contributed by atoms with Gasteiger partial charge in [-0.25, -0.2) is 0 Å². The van der Waals surface area contributed by atoms with Crippen LogP contribution >= 0.6 is 15.9 Å². The van der Waals surface area contributed by atoms with Crippen LogP contribution < -0.4 is 5.73 Å². The Kier molecular flexibility index (Phi) is 4.14. The van der Waals surface area contributed by atoms with E-state index in [4.69, 9.17) is 5.73 Å². The third kappa shape index (κ3) is 2.79. The summed E-state index contributed by atoms with van der Waals surface area (Å²) in [5, 5.41) is 4.43. The lowest BCUT2D eigenvalue weighted by Crippen LogP contribution is -2.17. The predicted molar refractivity (Wildman–Crippen MR) is 75.2 cm³/mol. The molecule has 2 aromatic rings. The first-order valence-electron chi connectivity index (χ1n) is 6.01. The average Bonchev–Trinajstić information content (AvgIpc) is 2.70. The van der Waals surface area contributed by atoms with Crippen molar-refractivity contribution < 1.29 is 0 Å². The number of pyridine rings is 1. The first-order valence-corrected chi connectivity index (χ1v) is 6.80. The van der Waals surface area contributed by atoms with Crippen LogP contribution in [0.5, 0.6) is 0 Å². The maximum Gasteiger partial charge on any atom is 0.0716 e. The van der Waals surface area contributed by atoms with Crippen LogP contribution in [0, 0.1) is 6.92 Å². The quantitative estimate of drug-likeness (QED) is 0.944. The van der Waals surface area contributed by atoms with Crippen molar-refractivity contribution in [2.24, 2.45) is 5.73 Å². The second kappa shape index (κ2) is 5.63. The van der Waals surface area contributed by atoms with E-state index in [1.165, 1.54) is 0 Å². The number of nitrogens with zero attached hydrogens (tertiary/aromatic N) is 3. The standard InChI is InChI=1S/C13H17BrN4/c1-3-18-10(7-9(2)17-18)8-12(15)13-11(14)5-4-6-16-13/h4-7,12H,3,8,15H2,1-2H3. The zero-order valence-electron chi connectivity index (χ0n) is 10.6. The van der Waals surface area contributed by atoms with Gasteiger partial charge in [0.2, 0.25) is 0 Å². The highest BCUT2D eigenvalue weighted by molar-refractivity contribution is 9.10. The van der Waals surface area contributed by atoms with E-state index < -0.39 is 0 Å². The number of aryl methyl sites for hydroxylation is 2. The molecule has 0 saturated heterocycles. The van der Waals surface area contributed by atoms with Gasteiger partial charge >= 0.3 is 0 Å². The molecule has 5 heteroatoms. The van der Waals surface area contributed by atoms with E-state index in [1.807, 2.05) is 23.7 Å². The summed E-state index contributed by atoms with van der Waals surface area (Å²) in [5.74, 6) is 0. The number of hydrogen-bond acceptors (Lipinski definition) is 3. The lowest BCUT2D eigenvalue weighted by Gasteiger charge is -2.13. The minimum atomic E-state index is -0.123. The first kappa shape index (κ1) is 13.2. The van der Waals surface area contributed by atoms with Gasteiger partial charge in [0, 0.05) is 29.3 Å². The fourth-order valence-electron chi connectivity index (χ4n) is 2.03. The molecular weight excluding hydrogens is 292 g/mol. The van der Waals surface area contributed by atoms with Gasteiger partial charge in [-0.15, -0.1) is 0 Å². The summed E-state index contributed by atoms with van der Waals surface area (Å²) in [6.45, 7) is 4.94. The molecule has 2 N–H and O–H groups in total. The highest BCUT2D eigenvalue weighted by atomic mass is 79.9. The van der Waals surface area contributed by atoms with Crippen molar-refractivity contribution in [1.82, 2.24) is 14.8 Å². The molecule has 2 heterocycles. The van der Waals surface area contributed by atoms with E-state index in [-0.39, 0.29) is 6.04 Å². The Hall–Kier alpha value is -1.20. The van der Waals surface area contributed by atoms with Crippen molar-refractivity contribution in [2.45, 2.75) is 32.9 Å². The molecule has 0 aliphatic carbocycles. The molecule has 4 nitrogen and oxygen atoms in total. The van der Waals surface area contributed by atoms with Crippen LogP contribution in [-0.2, 0) is 13.0 Å². The first-order chi connectivity index (χ1) is 8.61. The summed E-state index contributed by atoms with van der Waals surface area (Å²) in [4.78, 5) is 4.34. The van der Waals surface area contributed by atoms with Crippen LogP contribution in [0.25, 0.3) is 0 Å². The molecule has 0 amide bonds. The number of rotatable bonds is 4. The molecule has 18 heavy (non-hydrogen) atoms. The van der Waals surface area contributed by atoms with E-state index in [2.05, 4.69) is 39.0 Å². The third-order valence-electron chi connectivity index (χ3n) is 2.85. The summed E-state index contributed by atoms with van der Waals surface area (Å²) in [5.41, 5.74) is 9.29. The fourth-order valence-corrected chi connectivity index (χ4v) is 2.58. The Morgan fingerprint density at radius 1 is 1.50 bits per heavy atom. The Labute approximate surface area is 115 Å². The highest BCUT2D eigenvalue weighted by Crippen LogP contribution is 2.22. The predicted octanol–water partition coefficient (Wildman–Crippen LogP) is 2.61. The van der Waals surface area contributed by atoms with Crippen molar-refractivity contribution in [2.75, 3.05) is 0 Å². The van der Waals surface area contributed by atoms with Gasteiger partial charge in [0.15, 0.2) is 0 Å². The van der Waals surface area contributed by atoms with Crippen molar-refractivity contribution in [3.63, 3.8) is 0 Å². The lowest BCUT2D eigenvalue weighted by molar-refractivity contribution is 0.581. The molecule has 1 atom stereocenters. The van der Waals surface area contributed by atoms with E-state index >= 15 is 0 Å². The largest absolute Gasteiger partial charge is 0.322 e. The fraction of sp³-hybridized carbons (Fsp3) is 0.385. The van der Waals surface area contributed by atoms with E-state index in [1.54, 1.807) is 6.20 Å². The van der Waals surface area contributed by atoms with Gasteiger partial charge in [0.05, 0.1) is 17.4 Å². The van der Waals surface area contributed by atoms with Crippen LogP contribution in [0.1, 0.15) is 30.0 Å². The normalized spacial score (nSPS) is 12.7. The molecule has 0 saturated carbocycles. The molecule has 0 spiro atoms. The zero-order valence-corrected chi connectivity index (χ0v) is 12.2. The lowest BCUT2D eigenvalue weighted by atomic mass is 10.1. The number of hydrogen-bond donors (Lipinski definition) is 1. The summed E-state index contributed by atoms with van der Waals surface area (Å²) in [7, 11) is 0. The van der Waals surface area contributed by atoms with Crippen molar-refractivity contribution >= 4 is 15.9 Å². The second-order valence-corrected chi connectivity index (χ2v) is 5.13. The summed E-state index contributed by atoms with van der Waals surface area (Å²) < 4.78 is 2.95. The Morgan fingerprint density at radius 3 is 2.94 bits per heavy atom. The van der Waals surface area contributed by atoms with Crippen molar-refractivity contribution in [1.29, 1.82) is 0 Å². The number of aromatic nitrogens is 3. The molecule has 0 aliphatic heterocycles. The van der Waals surface area contributed by atoms with Gasteiger partial charge in [-0.1, -0.05) is 0 Å². The smallest absolute Gasteiger partial charge is 0.0716 e. The average molecular weight is 309 g/mol. The van der Waals surface area contributed by atoms with E-state index in [9.17, 15) is 0 Å². The van der Waals surface area contributed by atoms with Crippen LogP contribution in [0.3, 0.4) is 0 Å². The van der Waals surface area contributed by atoms with Gasteiger partial charge in [0.1, 0.15) is 0 Å². The molecule has 0 radical (unpaired) electrons. The monoisotopic (exact) mass is 308 g/mol. The van der Waals surface area contributed by atoms with E-state index in [0.717, 1.165) is 34.5 Å².